The number of aromatic nitrogens is 2. The van der Waals surface area contributed by atoms with Gasteiger partial charge in [0.05, 0.1) is 30.9 Å². The van der Waals surface area contributed by atoms with Gasteiger partial charge in [-0.25, -0.2) is 4.98 Å². The average Bonchev–Trinajstić information content (AvgIpc) is 2.96. The Morgan fingerprint density at radius 3 is 2.40 bits per heavy atom. The van der Waals surface area contributed by atoms with Crippen LogP contribution in [0.1, 0.15) is 31.4 Å². The summed E-state index contributed by atoms with van der Waals surface area (Å²) in [6.45, 7) is 11.0. The molecule has 12 heteroatoms. The normalized spacial score (nSPS) is 15.5. The van der Waals surface area contributed by atoms with E-state index in [1.54, 1.807) is 27.2 Å². The molecule has 0 unspecified atom stereocenters. The Morgan fingerprint density at radius 1 is 1.07 bits per heavy atom. The predicted molar refractivity (Wildman–Crippen MR) is 160 cm³/mol. The van der Waals surface area contributed by atoms with Crippen molar-refractivity contribution in [3.63, 3.8) is 0 Å². The third kappa shape index (κ3) is 7.09. The first-order chi connectivity index (χ1) is 19.4. The van der Waals surface area contributed by atoms with Crippen LogP contribution in [-0.2, 0) is 9.53 Å². The Labute approximate surface area is 246 Å². The van der Waals surface area contributed by atoms with Gasteiger partial charge in [0.1, 0.15) is 17.3 Å². The molecule has 1 N–H and O–H groups in total. The fourth-order valence-corrected chi connectivity index (χ4v) is 5.73. The Morgan fingerprint density at radius 2 is 1.77 bits per heavy atom. The number of hydrogen-bond acceptors (Lipinski definition) is 9. The summed E-state index contributed by atoms with van der Waals surface area (Å²) < 4.78 is 16.5. The molecule has 4 rings (SSSR count). The minimum atomic E-state index is 0.140. The SMILES string of the molecule is CCOCCNc1ncc2c(n1)N(CCCN1CCN(C(C)=O)CC1)CC(c1c(Cl)c(OC)cc(OC)c1Cl)=C2. The first-order valence-corrected chi connectivity index (χ1v) is 14.3. The van der Waals surface area contributed by atoms with Gasteiger partial charge < -0.3 is 29.3 Å². The number of fused-ring (bicyclic) bond motifs is 1. The summed E-state index contributed by atoms with van der Waals surface area (Å²) in [5, 5.41) is 4.12. The van der Waals surface area contributed by atoms with Crippen LogP contribution in [0.5, 0.6) is 11.5 Å². The molecule has 1 amide bonds. The van der Waals surface area contributed by atoms with Crippen LogP contribution in [0.3, 0.4) is 0 Å². The van der Waals surface area contributed by atoms with Crippen molar-refractivity contribution in [1.29, 1.82) is 0 Å². The second kappa shape index (κ2) is 14.2. The van der Waals surface area contributed by atoms with E-state index in [1.807, 2.05) is 24.1 Å². The Hall–Kier alpha value is -2.79. The molecule has 1 aromatic carbocycles. The molecular weight excluding hydrogens is 555 g/mol. The van der Waals surface area contributed by atoms with Gasteiger partial charge >= 0.3 is 0 Å². The summed E-state index contributed by atoms with van der Waals surface area (Å²) in [6.07, 6.45) is 4.77. The number of amides is 1. The molecule has 3 heterocycles. The maximum atomic E-state index is 11.7. The second-order valence-electron chi connectivity index (χ2n) is 9.67. The van der Waals surface area contributed by atoms with E-state index in [-0.39, 0.29) is 5.91 Å². The van der Waals surface area contributed by atoms with E-state index in [0.717, 1.165) is 62.6 Å². The lowest BCUT2D eigenvalue weighted by Crippen LogP contribution is -2.48. The number of piperazine rings is 1. The Kier molecular flexibility index (Phi) is 10.7. The van der Waals surface area contributed by atoms with Gasteiger partial charge in [-0.15, -0.1) is 0 Å². The molecule has 0 radical (unpaired) electrons. The second-order valence-corrected chi connectivity index (χ2v) is 10.4. The van der Waals surface area contributed by atoms with Crippen molar-refractivity contribution in [2.75, 3.05) is 90.0 Å². The number of anilines is 2. The van der Waals surface area contributed by atoms with Crippen LogP contribution in [0.25, 0.3) is 11.6 Å². The molecule has 0 spiro atoms. The number of carbonyl (C=O) groups excluding carboxylic acids is 1. The zero-order valence-electron chi connectivity index (χ0n) is 23.6. The standard InChI is InChI=1S/C28H38Cl2N6O4/c1-5-40-14-7-31-28-32-17-20-15-21(24-25(29)22(38-3)16-23(39-4)26(24)30)18-36(27(20)33-28)9-6-8-34-10-12-35(13-11-34)19(2)37/h15-17H,5-14,18H2,1-4H3,(H,31,32,33). The minimum Gasteiger partial charge on any atom is -0.495 e. The highest BCUT2D eigenvalue weighted by Crippen LogP contribution is 2.45. The van der Waals surface area contributed by atoms with Gasteiger partial charge in [0.2, 0.25) is 11.9 Å². The van der Waals surface area contributed by atoms with Gasteiger partial charge in [-0.05, 0) is 31.5 Å². The number of nitrogens with one attached hydrogen (secondary N) is 1. The number of benzene rings is 1. The molecule has 10 nitrogen and oxygen atoms in total. The van der Waals surface area contributed by atoms with Crippen molar-refractivity contribution in [2.24, 2.45) is 0 Å². The van der Waals surface area contributed by atoms with E-state index in [4.69, 9.17) is 42.4 Å². The van der Waals surface area contributed by atoms with E-state index >= 15 is 0 Å². The summed E-state index contributed by atoms with van der Waals surface area (Å²) in [7, 11) is 3.14. The van der Waals surface area contributed by atoms with Crippen molar-refractivity contribution in [3.05, 3.63) is 33.4 Å². The summed E-state index contributed by atoms with van der Waals surface area (Å²) in [4.78, 5) is 27.6. The Bertz CT molecular complexity index is 1190. The highest BCUT2D eigenvalue weighted by molar-refractivity contribution is 6.39. The van der Waals surface area contributed by atoms with Crippen LogP contribution in [0.2, 0.25) is 10.0 Å². The zero-order chi connectivity index (χ0) is 28.6. The number of carbonyl (C=O) groups is 1. The molecule has 2 aromatic rings. The summed E-state index contributed by atoms with van der Waals surface area (Å²) in [6, 6.07) is 1.69. The molecule has 0 atom stereocenters. The number of halogens is 2. The van der Waals surface area contributed by atoms with Crippen LogP contribution >= 0.6 is 23.2 Å². The quantitative estimate of drug-likeness (QED) is 0.364. The molecule has 0 saturated carbocycles. The fraction of sp³-hybridized carbons (Fsp3) is 0.536. The van der Waals surface area contributed by atoms with E-state index < -0.39 is 0 Å². The van der Waals surface area contributed by atoms with Crippen molar-refractivity contribution < 1.29 is 19.0 Å². The molecule has 1 fully saturated rings. The van der Waals surface area contributed by atoms with Crippen molar-refractivity contribution in [2.45, 2.75) is 20.3 Å². The third-order valence-electron chi connectivity index (χ3n) is 7.13. The van der Waals surface area contributed by atoms with Gasteiger partial charge in [0.25, 0.3) is 0 Å². The third-order valence-corrected chi connectivity index (χ3v) is 7.89. The molecule has 40 heavy (non-hydrogen) atoms. The number of hydrogen-bond donors (Lipinski definition) is 1. The zero-order valence-corrected chi connectivity index (χ0v) is 25.1. The van der Waals surface area contributed by atoms with E-state index in [0.29, 0.717) is 59.4 Å². The summed E-state index contributed by atoms with van der Waals surface area (Å²) in [5.74, 6) is 2.53. The van der Waals surface area contributed by atoms with Crippen LogP contribution in [0, 0.1) is 0 Å². The highest BCUT2D eigenvalue weighted by Gasteiger charge is 2.27. The number of methoxy groups -OCH3 is 2. The fourth-order valence-electron chi connectivity index (χ4n) is 4.99. The lowest BCUT2D eigenvalue weighted by Gasteiger charge is -2.35. The smallest absolute Gasteiger partial charge is 0.224 e. The van der Waals surface area contributed by atoms with Gasteiger partial charge in [0.15, 0.2) is 0 Å². The topological polar surface area (TPSA) is 92.3 Å². The van der Waals surface area contributed by atoms with Crippen LogP contribution in [-0.4, -0.2) is 105 Å². The van der Waals surface area contributed by atoms with Crippen LogP contribution < -0.4 is 19.7 Å². The highest BCUT2D eigenvalue weighted by atomic mass is 35.5. The molecule has 1 saturated heterocycles. The van der Waals surface area contributed by atoms with Gasteiger partial charge in [-0.2, -0.15) is 4.98 Å². The molecule has 2 aliphatic heterocycles. The molecule has 218 valence electrons. The first-order valence-electron chi connectivity index (χ1n) is 13.6. The van der Waals surface area contributed by atoms with Crippen molar-refractivity contribution in [3.8, 4) is 11.5 Å². The first kappa shape index (κ1) is 30.2. The maximum Gasteiger partial charge on any atom is 0.224 e. The van der Waals surface area contributed by atoms with Crippen LogP contribution in [0.15, 0.2) is 12.3 Å². The van der Waals surface area contributed by atoms with Gasteiger partial charge in [-0.3, -0.25) is 9.69 Å². The minimum absolute atomic E-state index is 0.140. The molecular formula is C28H38Cl2N6O4. The lowest BCUT2D eigenvalue weighted by molar-refractivity contribution is -0.130. The number of ether oxygens (including phenoxy) is 3. The van der Waals surface area contributed by atoms with Crippen LogP contribution in [0.4, 0.5) is 11.8 Å². The monoisotopic (exact) mass is 592 g/mol. The molecule has 1 aromatic heterocycles. The number of nitrogens with zero attached hydrogens (tertiary/aromatic N) is 5. The molecule has 0 bridgehead atoms. The number of rotatable bonds is 12. The van der Waals surface area contributed by atoms with Gasteiger partial charge in [-0.1, -0.05) is 23.2 Å². The van der Waals surface area contributed by atoms with E-state index in [1.165, 1.54) is 0 Å². The van der Waals surface area contributed by atoms with Gasteiger partial charge in [0, 0.05) is 82.7 Å². The Balaban J connectivity index is 1.58. The largest absolute Gasteiger partial charge is 0.495 e. The van der Waals surface area contributed by atoms with E-state index in [2.05, 4.69) is 20.1 Å². The average molecular weight is 594 g/mol. The molecule has 0 aliphatic carbocycles. The van der Waals surface area contributed by atoms with E-state index in [9.17, 15) is 4.79 Å². The maximum absolute atomic E-state index is 11.7. The van der Waals surface area contributed by atoms with Crippen molar-refractivity contribution >= 4 is 52.5 Å². The summed E-state index contributed by atoms with van der Waals surface area (Å²) >= 11 is 13.6. The molecule has 2 aliphatic rings. The summed E-state index contributed by atoms with van der Waals surface area (Å²) in [5.41, 5.74) is 2.48. The predicted octanol–water partition coefficient (Wildman–Crippen LogP) is 4.16. The lowest BCUT2D eigenvalue weighted by atomic mass is 9.98. The van der Waals surface area contributed by atoms with Crippen molar-refractivity contribution in [1.82, 2.24) is 19.8 Å².